The van der Waals surface area contributed by atoms with Crippen LogP contribution in [0.4, 0.5) is 11.4 Å². The Hall–Kier alpha value is -3.47. The van der Waals surface area contributed by atoms with Crippen LogP contribution in [0.2, 0.25) is 0 Å². The van der Waals surface area contributed by atoms with Gasteiger partial charge in [-0.2, -0.15) is 0 Å². The summed E-state index contributed by atoms with van der Waals surface area (Å²) in [6, 6.07) is 11.3. The van der Waals surface area contributed by atoms with Gasteiger partial charge >= 0.3 is 0 Å². The minimum Gasteiger partial charge on any atom is -0.348 e. The van der Waals surface area contributed by atoms with Crippen LogP contribution in [0.25, 0.3) is 0 Å². The third kappa shape index (κ3) is 6.88. The van der Waals surface area contributed by atoms with Crippen molar-refractivity contribution in [2.45, 2.75) is 13.0 Å². The molecule has 0 saturated heterocycles. The fourth-order valence-corrected chi connectivity index (χ4v) is 3.02. The van der Waals surface area contributed by atoms with E-state index in [1.165, 1.54) is 18.2 Å². The van der Waals surface area contributed by atoms with Gasteiger partial charge in [-0.1, -0.05) is 18.2 Å². The van der Waals surface area contributed by atoms with Gasteiger partial charge in [0.1, 0.15) is 0 Å². The van der Waals surface area contributed by atoms with Crippen LogP contribution in [0.15, 0.2) is 48.5 Å². The number of nitro groups is 1. The van der Waals surface area contributed by atoms with Crippen molar-refractivity contribution in [2.24, 2.45) is 0 Å². The Morgan fingerprint density at radius 2 is 1.79 bits per heavy atom. The average molecular weight is 420 g/mol. The number of carbonyl (C=O) groups is 2. The molecular weight excluding hydrogens is 400 g/mol. The first-order valence-corrected chi connectivity index (χ1v) is 10.3. The van der Waals surface area contributed by atoms with Crippen molar-refractivity contribution in [1.82, 2.24) is 10.6 Å². The first kappa shape index (κ1) is 21.8. The van der Waals surface area contributed by atoms with E-state index in [1.807, 2.05) is 0 Å². The summed E-state index contributed by atoms with van der Waals surface area (Å²) in [6.45, 7) is 1.43. The van der Waals surface area contributed by atoms with Crippen molar-refractivity contribution in [2.75, 3.05) is 17.5 Å². The number of nitro benzene ring substituents is 1. The molecule has 0 radical (unpaired) electrons. The van der Waals surface area contributed by atoms with Crippen LogP contribution < -0.4 is 15.4 Å². The smallest absolute Gasteiger partial charge is 0.270 e. The standard InChI is InChI=1S/C18H20N4O6S/c1-12(13-6-8-15(9-7-13)21-29(2,27)28)20-17(23)11-19-18(24)14-4-3-5-16(10-14)22(25)26/h3-10,12,21H,11H2,1-2H3,(H,19,24)(H,20,23). The Labute approximate surface area is 167 Å². The minimum atomic E-state index is -3.37. The highest BCUT2D eigenvalue weighted by Gasteiger charge is 2.14. The number of nitrogens with zero attached hydrogens (tertiary/aromatic N) is 1. The van der Waals surface area contributed by atoms with E-state index in [4.69, 9.17) is 0 Å². The molecule has 0 fully saturated rings. The molecule has 0 aliphatic rings. The van der Waals surface area contributed by atoms with Gasteiger partial charge < -0.3 is 10.6 Å². The molecular formula is C18H20N4O6S. The Morgan fingerprint density at radius 1 is 1.14 bits per heavy atom. The molecule has 0 heterocycles. The number of anilines is 1. The molecule has 29 heavy (non-hydrogen) atoms. The number of amides is 2. The first-order valence-electron chi connectivity index (χ1n) is 8.45. The number of sulfonamides is 1. The number of benzene rings is 2. The average Bonchev–Trinajstić information content (AvgIpc) is 2.65. The van der Waals surface area contributed by atoms with Crippen molar-refractivity contribution in [3.8, 4) is 0 Å². The molecule has 1 unspecified atom stereocenters. The zero-order valence-electron chi connectivity index (χ0n) is 15.7. The zero-order chi connectivity index (χ0) is 21.6. The normalized spacial score (nSPS) is 11.9. The molecule has 11 heteroatoms. The fraction of sp³-hybridized carbons (Fsp3) is 0.222. The van der Waals surface area contributed by atoms with Crippen LogP contribution in [-0.4, -0.2) is 38.0 Å². The molecule has 0 bridgehead atoms. The summed E-state index contributed by atoms with van der Waals surface area (Å²) in [6.07, 6.45) is 1.05. The molecule has 2 rings (SSSR count). The van der Waals surface area contributed by atoms with Crippen LogP contribution >= 0.6 is 0 Å². The number of non-ortho nitro benzene ring substituents is 1. The predicted octanol–water partition coefficient (Wildman–Crippen LogP) is 1.57. The molecule has 2 aromatic rings. The van der Waals surface area contributed by atoms with E-state index in [0.717, 1.165) is 17.9 Å². The van der Waals surface area contributed by atoms with E-state index in [1.54, 1.807) is 31.2 Å². The summed E-state index contributed by atoms with van der Waals surface area (Å²) < 4.78 is 24.8. The van der Waals surface area contributed by atoms with E-state index < -0.39 is 26.8 Å². The second kappa shape index (κ2) is 9.15. The summed E-state index contributed by atoms with van der Waals surface area (Å²) in [5.74, 6) is -1.05. The molecule has 2 aromatic carbocycles. The lowest BCUT2D eigenvalue weighted by Gasteiger charge is -2.15. The number of rotatable bonds is 8. The highest BCUT2D eigenvalue weighted by Crippen LogP contribution is 2.17. The Morgan fingerprint density at radius 3 is 2.38 bits per heavy atom. The lowest BCUT2D eigenvalue weighted by Crippen LogP contribution is -2.38. The molecule has 3 N–H and O–H groups in total. The lowest BCUT2D eigenvalue weighted by molar-refractivity contribution is -0.384. The van der Waals surface area contributed by atoms with Crippen LogP contribution in [0, 0.1) is 10.1 Å². The maximum absolute atomic E-state index is 12.1. The van der Waals surface area contributed by atoms with E-state index in [9.17, 15) is 28.1 Å². The van der Waals surface area contributed by atoms with Crippen molar-refractivity contribution < 1.29 is 22.9 Å². The van der Waals surface area contributed by atoms with E-state index in [2.05, 4.69) is 15.4 Å². The van der Waals surface area contributed by atoms with Gasteiger partial charge in [0, 0.05) is 23.4 Å². The van der Waals surface area contributed by atoms with E-state index in [-0.39, 0.29) is 23.8 Å². The molecule has 10 nitrogen and oxygen atoms in total. The molecule has 0 aromatic heterocycles. The Kier molecular flexibility index (Phi) is 6.89. The van der Waals surface area contributed by atoms with Gasteiger partial charge in [-0.05, 0) is 30.7 Å². The largest absolute Gasteiger partial charge is 0.348 e. The SMILES string of the molecule is CC(NC(=O)CNC(=O)c1cccc([N+](=O)[O-])c1)c1ccc(NS(C)(=O)=O)cc1. The monoisotopic (exact) mass is 420 g/mol. The van der Waals surface area contributed by atoms with Crippen LogP contribution in [-0.2, 0) is 14.8 Å². The van der Waals surface area contributed by atoms with Crippen molar-refractivity contribution in [3.05, 3.63) is 69.8 Å². The number of carbonyl (C=O) groups excluding carboxylic acids is 2. The van der Waals surface area contributed by atoms with Crippen LogP contribution in [0.3, 0.4) is 0 Å². The molecule has 154 valence electrons. The maximum atomic E-state index is 12.1. The third-order valence-corrected chi connectivity index (χ3v) is 4.43. The number of nitrogens with one attached hydrogen (secondary N) is 3. The van der Waals surface area contributed by atoms with Gasteiger partial charge in [-0.15, -0.1) is 0 Å². The van der Waals surface area contributed by atoms with E-state index >= 15 is 0 Å². The fourth-order valence-electron chi connectivity index (χ4n) is 2.45. The minimum absolute atomic E-state index is 0.0778. The van der Waals surface area contributed by atoms with Gasteiger partial charge in [-0.25, -0.2) is 8.42 Å². The predicted molar refractivity (Wildman–Crippen MR) is 107 cm³/mol. The topological polar surface area (TPSA) is 148 Å². The van der Waals surface area contributed by atoms with Crippen molar-refractivity contribution >= 4 is 33.2 Å². The van der Waals surface area contributed by atoms with Gasteiger partial charge in [0.05, 0.1) is 23.8 Å². The molecule has 0 aliphatic carbocycles. The van der Waals surface area contributed by atoms with Crippen molar-refractivity contribution in [1.29, 1.82) is 0 Å². The molecule has 0 spiro atoms. The molecule has 0 aliphatic heterocycles. The lowest BCUT2D eigenvalue weighted by atomic mass is 10.1. The first-order chi connectivity index (χ1) is 13.5. The van der Waals surface area contributed by atoms with Crippen molar-refractivity contribution in [3.63, 3.8) is 0 Å². The van der Waals surface area contributed by atoms with Gasteiger partial charge in [0.15, 0.2) is 0 Å². The molecule has 2 amide bonds. The zero-order valence-corrected chi connectivity index (χ0v) is 16.5. The summed E-state index contributed by atoms with van der Waals surface area (Å²) >= 11 is 0. The summed E-state index contributed by atoms with van der Waals surface area (Å²) in [7, 11) is -3.37. The van der Waals surface area contributed by atoms with Crippen LogP contribution in [0.5, 0.6) is 0 Å². The Balaban J connectivity index is 1.89. The second-order valence-corrected chi connectivity index (χ2v) is 8.02. The highest BCUT2D eigenvalue weighted by molar-refractivity contribution is 7.92. The summed E-state index contributed by atoms with van der Waals surface area (Å²) in [5, 5.41) is 15.9. The maximum Gasteiger partial charge on any atom is 0.270 e. The third-order valence-electron chi connectivity index (χ3n) is 3.82. The second-order valence-electron chi connectivity index (χ2n) is 6.28. The number of hydrogen-bond donors (Lipinski definition) is 3. The summed E-state index contributed by atoms with van der Waals surface area (Å²) in [5.41, 5.74) is 1.000. The highest BCUT2D eigenvalue weighted by atomic mass is 32.2. The van der Waals surface area contributed by atoms with Gasteiger partial charge in [0.2, 0.25) is 15.9 Å². The quantitative estimate of drug-likeness (QED) is 0.436. The molecule has 0 saturated carbocycles. The molecule has 1 atom stereocenters. The van der Waals surface area contributed by atoms with E-state index in [0.29, 0.717) is 5.69 Å². The van der Waals surface area contributed by atoms with Gasteiger partial charge in [-0.3, -0.25) is 24.4 Å². The van der Waals surface area contributed by atoms with Crippen LogP contribution in [0.1, 0.15) is 28.9 Å². The Bertz CT molecular complexity index is 1020. The summed E-state index contributed by atoms with van der Waals surface area (Å²) in [4.78, 5) is 34.3. The number of hydrogen-bond acceptors (Lipinski definition) is 6. The van der Waals surface area contributed by atoms with Gasteiger partial charge in [0.25, 0.3) is 11.6 Å².